The van der Waals surface area contributed by atoms with Crippen LogP contribution in [0.15, 0.2) is 71.3 Å². The van der Waals surface area contributed by atoms with Crippen LogP contribution in [-0.4, -0.2) is 4.98 Å². The molecule has 0 aliphatic heterocycles. The number of hydrogen-bond acceptors (Lipinski definition) is 2. The molecule has 0 bridgehead atoms. The molecule has 0 aliphatic rings. The molecule has 0 unspecified atom stereocenters. The molecule has 0 radical (unpaired) electrons. The number of aromatic nitrogens is 2. The number of benzene rings is 2. The van der Waals surface area contributed by atoms with Crippen molar-refractivity contribution in [1.29, 1.82) is 0 Å². The average molecular weight is 379 g/mol. The second-order valence-electron chi connectivity index (χ2n) is 7.82. The van der Waals surface area contributed by atoms with E-state index in [-0.39, 0.29) is 0 Å². The maximum absolute atomic E-state index is 6.26. The van der Waals surface area contributed by atoms with Gasteiger partial charge < -0.3 is 4.42 Å². The van der Waals surface area contributed by atoms with E-state index in [9.17, 15) is 0 Å². The molecule has 0 atom stereocenters. The van der Waals surface area contributed by atoms with Gasteiger partial charge in [-0.05, 0) is 50.1 Å². The third-order valence-corrected chi connectivity index (χ3v) is 5.63. The molecule has 0 N–H and O–H groups in total. The molecule has 0 fully saturated rings. The predicted molar refractivity (Wildman–Crippen MR) is 118 cm³/mol. The summed E-state index contributed by atoms with van der Waals surface area (Å²) in [7, 11) is 2.09. The minimum atomic E-state index is 0.700. The summed E-state index contributed by atoms with van der Waals surface area (Å²) in [5.74, 6) is 0. The van der Waals surface area contributed by atoms with Crippen LogP contribution in [0.2, 0.25) is 0 Å². The third kappa shape index (κ3) is 2.90. The number of furan rings is 1. The van der Waals surface area contributed by atoms with Gasteiger partial charge in [0.2, 0.25) is 11.4 Å². The van der Waals surface area contributed by atoms with E-state index in [1.54, 1.807) is 0 Å². The number of pyridine rings is 2. The highest BCUT2D eigenvalue weighted by Gasteiger charge is 2.21. The topological polar surface area (TPSA) is 29.9 Å². The first-order valence-electron chi connectivity index (χ1n) is 9.88. The molecule has 0 spiro atoms. The van der Waals surface area contributed by atoms with E-state index in [0.717, 1.165) is 33.3 Å². The molecule has 3 nitrogen and oxygen atoms in total. The SMILES string of the molecule is Cc1ccc(-c2ccc(-c3c(C)ccc4c3oc3nc(C)ccc34)[n+](C)c2)cc1. The van der Waals surface area contributed by atoms with Crippen molar-refractivity contribution < 1.29 is 8.98 Å². The molecular weight excluding hydrogens is 356 g/mol. The number of rotatable bonds is 2. The van der Waals surface area contributed by atoms with Gasteiger partial charge in [0.25, 0.3) is 0 Å². The van der Waals surface area contributed by atoms with Crippen LogP contribution in [0.4, 0.5) is 0 Å². The zero-order valence-electron chi connectivity index (χ0n) is 17.2. The Kier molecular flexibility index (Phi) is 3.99. The molecule has 3 heteroatoms. The van der Waals surface area contributed by atoms with Crippen molar-refractivity contribution in [1.82, 2.24) is 4.98 Å². The van der Waals surface area contributed by atoms with E-state index in [4.69, 9.17) is 4.42 Å². The zero-order chi connectivity index (χ0) is 20.1. The van der Waals surface area contributed by atoms with Crippen molar-refractivity contribution in [2.45, 2.75) is 20.8 Å². The monoisotopic (exact) mass is 379 g/mol. The Bertz CT molecular complexity index is 1380. The van der Waals surface area contributed by atoms with Crippen LogP contribution in [0.25, 0.3) is 44.5 Å². The quantitative estimate of drug-likeness (QED) is 0.349. The van der Waals surface area contributed by atoms with Crippen LogP contribution in [-0.2, 0) is 7.05 Å². The lowest BCUT2D eigenvalue weighted by Gasteiger charge is -2.07. The van der Waals surface area contributed by atoms with Crippen LogP contribution in [0.5, 0.6) is 0 Å². The molecule has 0 saturated carbocycles. The highest BCUT2D eigenvalue weighted by molar-refractivity contribution is 6.08. The Morgan fingerprint density at radius 3 is 2.24 bits per heavy atom. The predicted octanol–water partition coefficient (Wildman–Crippen LogP) is 6.06. The van der Waals surface area contributed by atoms with Crippen molar-refractivity contribution in [2.75, 3.05) is 0 Å². The highest BCUT2D eigenvalue weighted by Crippen LogP contribution is 2.36. The first-order chi connectivity index (χ1) is 14.0. The lowest BCUT2D eigenvalue weighted by molar-refractivity contribution is -0.659. The summed E-state index contributed by atoms with van der Waals surface area (Å²) in [5.41, 5.74) is 9.68. The van der Waals surface area contributed by atoms with Crippen LogP contribution in [0, 0.1) is 20.8 Å². The van der Waals surface area contributed by atoms with E-state index in [0.29, 0.717) is 5.71 Å². The molecule has 0 aliphatic carbocycles. The fraction of sp³-hybridized carbons (Fsp3) is 0.154. The Morgan fingerprint density at radius 1 is 0.759 bits per heavy atom. The molecule has 5 aromatic rings. The summed E-state index contributed by atoms with van der Waals surface area (Å²) in [6.07, 6.45) is 2.18. The number of aryl methyl sites for hydroxylation is 4. The van der Waals surface area contributed by atoms with Crippen molar-refractivity contribution in [2.24, 2.45) is 7.05 Å². The maximum Gasteiger partial charge on any atom is 0.227 e. The summed E-state index contributed by atoms with van der Waals surface area (Å²) in [6.45, 7) is 6.23. The van der Waals surface area contributed by atoms with Gasteiger partial charge in [-0.1, -0.05) is 42.0 Å². The van der Waals surface area contributed by atoms with Crippen LogP contribution in [0.1, 0.15) is 16.8 Å². The van der Waals surface area contributed by atoms with Gasteiger partial charge in [0, 0.05) is 28.1 Å². The number of nitrogens with zero attached hydrogens (tertiary/aromatic N) is 2. The highest BCUT2D eigenvalue weighted by atomic mass is 16.3. The van der Waals surface area contributed by atoms with Crippen LogP contribution in [0.3, 0.4) is 0 Å². The molecule has 142 valence electrons. The Morgan fingerprint density at radius 2 is 1.48 bits per heavy atom. The Labute approximate surface area is 170 Å². The minimum absolute atomic E-state index is 0.700. The molecule has 2 aromatic carbocycles. The standard InChI is InChI=1S/C26H23N2O/c1-16-5-9-19(10-6-16)20-11-14-23(28(4)15-20)24-17(2)7-12-21-22-13-8-18(3)27-26(22)29-25(21)24/h5-15H,1-4H3/q+1. The van der Waals surface area contributed by atoms with Crippen LogP contribution >= 0.6 is 0 Å². The van der Waals surface area contributed by atoms with Gasteiger partial charge in [-0.2, -0.15) is 0 Å². The Balaban J connectivity index is 1.71. The van der Waals surface area contributed by atoms with Gasteiger partial charge in [-0.25, -0.2) is 9.55 Å². The van der Waals surface area contributed by atoms with E-state index >= 15 is 0 Å². The summed E-state index contributed by atoms with van der Waals surface area (Å²) < 4.78 is 8.44. The van der Waals surface area contributed by atoms with Gasteiger partial charge in [0.1, 0.15) is 7.05 Å². The molecule has 0 saturated heterocycles. The smallest absolute Gasteiger partial charge is 0.227 e. The summed E-state index contributed by atoms with van der Waals surface area (Å²) in [6, 6.07) is 21.4. The summed E-state index contributed by atoms with van der Waals surface area (Å²) >= 11 is 0. The third-order valence-electron chi connectivity index (χ3n) is 5.63. The fourth-order valence-corrected chi connectivity index (χ4v) is 4.01. The van der Waals surface area contributed by atoms with Gasteiger partial charge in [0.15, 0.2) is 11.8 Å². The number of hydrogen-bond donors (Lipinski definition) is 0. The molecule has 0 amide bonds. The lowest BCUT2D eigenvalue weighted by atomic mass is 9.99. The van der Waals surface area contributed by atoms with Crippen molar-refractivity contribution in [3.8, 4) is 22.4 Å². The van der Waals surface area contributed by atoms with Gasteiger partial charge in [-0.15, -0.1) is 0 Å². The average Bonchev–Trinajstić information content (AvgIpc) is 3.06. The zero-order valence-corrected chi connectivity index (χ0v) is 17.2. The molecular formula is C26H23N2O+. The van der Waals surface area contributed by atoms with E-state index in [2.05, 4.69) is 91.2 Å². The minimum Gasteiger partial charge on any atom is -0.437 e. The summed E-state index contributed by atoms with van der Waals surface area (Å²) in [5, 5.41) is 2.17. The molecule has 29 heavy (non-hydrogen) atoms. The van der Waals surface area contributed by atoms with E-state index in [1.807, 2.05) is 13.0 Å². The molecule has 5 rings (SSSR count). The first kappa shape index (κ1) is 17.6. The van der Waals surface area contributed by atoms with Gasteiger partial charge in [0.05, 0.1) is 5.56 Å². The van der Waals surface area contributed by atoms with Crippen molar-refractivity contribution in [3.63, 3.8) is 0 Å². The first-order valence-corrected chi connectivity index (χ1v) is 9.88. The van der Waals surface area contributed by atoms with Crippen molar-refractivity contribution >= 4 is 22.1 Å². The fourth-order valence-electron chi connectivity index (χ4n) is 4.01. The molecule has 3 aromatic heterocycles. The number of fused-ring (bicyclic) bond motifs is 3. The maximum atomic E-state index is 6.26. The Hall–Kier alpha value is -3.46. The van der Waals surface area contributed by atoms with E-state index < -0.39 is 0 Å². The lowest BCUT2D eigenvalue weighted by Crippen LogP contribution is -2.31. The summed E-state index contributed by atoms with van der Waals surface area (Å²) in [4.78, 5) is 4.59. The molecule has 3 heterocycles. The van der Waals surface area contributed by atoms with E-state index in [1.165, 1.54) is 22.3 Å². The van der Waals surface area contributed by atoms with Gasteiger partial charge >= 0.3 is 0 Å². The van der Waals surface area contributed by atoms with Gasteiger partial charge in [-0.3, -0.25) is 0 Å². The van der Waals surface area contributed by atoms with Crippen molar-refractivity contribution in [3.05, 3.63) is 83.7 Å². The normalized spacial score (nSPS) is 11.4. The second-order valence-corrected chi connectivity index (χ2v) is 7.82. The largest absolute Gasteiger partial charge is 0.437 e. The second kappa shape index (κ2) is 6.56. The van der Waals surface area contributed by atoms with Crippen LogP contribution < -0.4 is 4.57 Å².